The predicted molar refractivity (Wildman–Crippen MR) is 48.0 cm³/mol. The molecule has 72 valence electrons. The number of aryl methyl sites for hydroxylation is 1. The quantitative estimate of drug-likeness (QED) is 0.758. The number of H-pyrrole nitrogens is 1. The number of nitrogens with zero attached hydrogens (tertiary/aromatic N) is 1. The van der Waals surface area contributed by atoms with E-state index >= 15 is 0 Å². The van der Waals surface area contributed by atoms with Crippen molar-refractivity contribution in [3.05, 3.63) is 29.8 Å². The minimum Gasteiger partial charge on any atom is -0.477 e. The van der Waals surface area contributed by atoms with Gasteiger partial charge in [0.1, 0.15) is 11.5 Å². The van der Waals surface area contributed by atoms with E-state index in [0.29, 0.717) is 11.6 Å². The Labute approximate surface area is 79.4 Å². The fourth-order valence-corrected chi connectivity index (χ4v) is 1.12. The van der Waals surface area contributed by atoms with Crippen molar-refractivity contribution in [2.45, 2.75) is 6.92 Å². The summed E-state index contributed by atoms with van der Waals surface area (Å²) in [4.78, 5) is 17.1. The molecule has 2 N–H and O–H groups in total. The lowest BCUT2D eigenvalue weighted by Gasteiger charge is -1.88. The van der Waals surface area contributed by atoms with Crippen molar-refractivity contribution in [3.63, 3.8) is 0 Å². The Morgan fingerprint density at radius 3 is 2.86 bits per heavy atom. The van der Waals surface area contributed by atoms with Crippen molar-refractivity contribution >= 4 is 5.97 Å². The number of aromatic carboxylic acids is 1. The van der Waals surface area contributed by atoms with Crippen LogP contribution in [0.15, 0.2) is 22.7 Å². The van der Waals surface area contributed by atoms with Crippen LogP contribution in [-0.4, -0.2) is 21.0 Å². The summed E-state index contributed by atoms with van der Waals surface area (Å²) in [6.07, 6.45) is 1.26. The normalized spacial score (nSPS) is 10.4. The summed E-state index contributed by atoms with van der Waals surface area (Å²) < 4.78 is 5.28. The Bertz CT molecular complexity index is 470. The second-order valence-electron chi connectivity index (χ2n) is 2.86. The van der Waals surface area contributed by atoms with Crippen LogP contribution < -0.4 is 0 Å². The van der Waals surface area contributed by atoms with Gasteiger partial charge in [-0.1, -0.05) is 0 Å². The first kappa shape index (κ1) is 8.55. The zero-order valence-electron chi connectivity index (χ0n) is 7.44. The molecule has 2 aromatic heterocycles. The summed E-state index contributed by atoms with van der Waals surface area (Å²) in [7, 11) is 0. The maximum absolute atomic E-state index is 10.5. The van der Waals surface area contributed by atoms with Crippen LogP contribution in [0.5, 0.6) is 0 Å². The summed E-state index contributed by atoms with van der Waals surface area (Å²) in [5.74, 6) is 0.686. The summed E-state index contributed by atoms with van der Waals surface area (Å²) >= 11 is 0. The number of hydrogen-bond donors (Lipinski definition) is 2. The zero-order valence-corrected chi connectivity index (χ0v) is 7.44. The number of nitrogens with one attached hydrogen (secondary N) is 1. The average Bonchev–Trinajstić information content (AvgIpc) is 2.70. The summed E-state index contributed by atoms with van der Waals surface area (Å²) in [6.45, 7) is 1.81. The van der Waals surface area contributed by atoms with Crippen molar-refractivity contribution in [2.75, 3.05) is 0 Å². The van der Waals surface area contributed by atoms with Gasteiger partial charge in [-0.2, -0.15) is 0 Å². The molecule has 0 radical (unpaired) electrons. The Morgan fingerprint density at radius 2 is 2.36 bits per heavy atom. The molecule has 0 amide bonds. The van der Waals surface area contributed by atoms with Crippen LogP contribution in [0.3, 0.4) is 0 Å². The molecule has 14 heavy (non-hydrogen) atoms. The van der Waals surface area contributed by atoms with Gasteiger partial charge >= 0.3 is 5.97 Å². The van der Waals surface area contributed by atoms with Gasteiger partial charge in [0.15, 0.2) is 11.6 Å². The lowest BCUT2D eigenvalue weighted by Crippen LogP contribution is -1.95. The molecule has 0 unspecified atom stereocenters. The minimum atomic E-state index is -1.04. The molecule has 0 atom stereocenters. The number of carbonyl (C=O) groups is 1. The van der Waals surface area contributed by atoms with Crippen LogP contribution in [0.2, 0.25) is 0 Å². The van der Waals surface area contributed by atoms with Crippen LogP contribution >= 0.6 is 0 Å². The molecule has 5 heteroatoms. The number of furan rings is 1. The first-order valence-corrected chi connectivity index (χ1v) is 4.02. The summed E-state index contributed by atoms with van der Waals surface area (Å²) in [5, 5.41) is 8.65. The van der Waals surface area contributed by atoms with Crippen LogP contribution in [0.25, 0.3) is 11.6 Å². The largest absolute Gasteiger partial charge is 0.477 e. The van der Waals surface area contributed by atoms with Crippen LogP contribution in [0, 0.1) is 6.92 Å². The van der Waals surface area contributed by atoms with Crippen molar-refractivity contribution in [1.29, 1.82) is 0 Å². The highest BCUT2D eigenvalue weighted by atomic mass is 16.4. The molecular formula is C9H8N2O3. The maximum atomic E-state index is 10.5. The van der Waals surface area contributed by atoms with Gasteiger partial charge < -0.3 is 14.5 Å². The number of rotatable bonds is 2. The number of hydrogen-bond acceptors (Lipinski definition) is 3. The lowest BCUT2D eigenvalue weighted by molar-refractivity contribution is 0.0691. The number of imidazole rings is 1. The van der Waals surface area contributed by atoms with Gasteiger partial charge in [0.2, 0.25) is 0 Å². The lowest BCUT2D eigenvalue weighted by atomic mass is 10.4. The number of carboxylic acid groups (broad SMARTS) is 1. The minimum absolute atomic E-state index is 0.0500. The molecule has 0 aliphatic carbocycles. The Morgan fingerprint density at radius 1 is 1.57 bits per heavy atom. The third-order valence-corrected chi connectivity index (χ3v) is 1.78. The number of carboxylic acids is 1. The van der Waals surface area contributed by atoms with Gasteiger partial charge in [0.25, 0.3) is 0 Å². The Kier molecular flexibility index (Phi) is 1.85. The average molecular weight is 192 g/mol. The monoisotopic (exact) mass is 192 g/mol. The van der Waals surface area contributed by atoms with Crippen LogP contribution in [-0.2, 0) is 0 Å². The molecule has 0 spiro atoms. The molecule has 0 fully saturated rings. The van der Waals surface area contributed by atoms with Gasteiger partial charge in [-0.3, -0.25) is 0 Å². The van der Waals surface area contributed by atoms with Crippen molar-refractivity contribution in [1.82, 2.24) is 9.97 Å². The molecule has 0 bridgehead atoms. The Balaban J connectivity index is 2.38. The second kappa shape index (κ2) is 3.02. The van der Waals surface area contributed by atoms with Crippen molar-refractivity contribution in [2.24, 2.45) is 0 Å². The van der Waals surface area contributed by atoms with Gasteiger partial charge in [0, 0.05) is 0 Å². The number of aromatic nitrogens is 2. The predicted octanol–water partition coefficient (Wildman–Crippen LogP) is 1.68. The fraction of sp³-hybridized carbons (Fsp3) is 0.111. The smallest absolute Gasteiger partial charge is 0.353 e. The van der Waals surface area contributed by atoms with E-state index in [9.17, 15) is 4.79 Å². The molecule has 0 saturated carbocycles. The van der Waals surface area contributed by atoms with Gasteiger partial charge in [0.05, 0.1) is 6.20 Å². The first-order chi connectivity index (χ1) is 6.66. The standard InChI is InChI=1S/C9H8N2O3/c1-5-2-3-7(14-5)8-10-4-6(11-8)9(12)13/h2-4H,1H3,(H,10,11)(H,12,13). The highest BCUT2D eigenvalue weighted by Crippen LogP contribution is 2.18. The molecule has 0 aliphatic rings. The highest BCUT2D eigenvalue weighted by molar-refractivity contribution is 5.85. The molecule has 2 heterocycles. The van der Waals surface area contributed by atoms with Crippen molar-refractivity contribution in [3.8, 4) is 11.6 Å². The summed E-state index contributed by atoms with van der Waals surface area (Å²) in [6, 6.07) is 3.53. The molecule has 0 aliphatic heterocycles. The third kappa shape index (κ3) is 1.39. The van der Waals surface area contributed by atoms with Gasteiger partial charge in [-0.25, -0.2) is 9.78 Å². The topological polar surface area (TPSA) is 79.1 Å². The second-order valence-corrected chi connectivity index (χ2v) is 2.86. The summed E-state index contributed by atoms with van der Waals surface area (Å²) in [5.41, 5.74) is 0.0500. The van der Waals surface area contributed by atoms with E-state index < -0.39 is 5.97 Å². The molecule has 0 saturated heterocycles. The molecular weight excluding hydrogens is 184 g/mol. The van der Waals surface area contributed by atoms with E-state index in [1.807, 2.05) is 6.92 Å². The fourth-order valence-electron chi connectivity index (χ4n) is 1.12. The number of aromatic amines is 1. The molecule has 2 aromatic rings. The first-order valence-electron chi connectivity index (χ1n) is 4.02. The van der Waals surface area contributed by atoms with E-state index in [1.54, 1.807) is 12.1 Å². The van der Waals surface area contributed by atoms with Gasteiger partial charge in [-0.15, -0.1) is 0 Å². The van der Waals surface area contributed by atoms with Crippen molar-refractivity contribution < 1.29 is 14.3 Å². The van der Waals surface area contributed by atoms with Gasteiger partial charge in [-0.05, 0) is 19.1 Å². The van der Waals surface area contributed by atoms with Crippen LogP contribution in [0.1, 0.15) is 16.2 Å². The molecule has 5 nitrogen and oxygen atoms in total. The van der Waals surface area contributed by atoms with E-state index in [0.717, 1.165) is 5.76 Å². The SMILES string of the molecule is Cc1ccc(-c2ncc(C(=O)O)[nH]2)o1. The maximum Gasteiger partial charge on any atom is 0.353 e. The Hall–Kier alpha value is -2.04. The highest BCUT2D eigenvalue weighted by Gasteiger charge is 2.10. The van der Waals surface area contributed by atoms with E-state index in [4.69, 9.17) is 9.52 Å². The van der Waals surface area contributed by atoms with E-state index in [2.05, 4.69) is 9.97 Å². The molecule has 0 aromatic carbocycles. The van der Waals surface area contributed by atoms with Crippen LogP contribution in [0.4, 0.5) is 0 Å². The van der Waals surface area contributed by atoms with E-state index in [-0.39, 0.29) is 5.69 Å². The third-order valence-electron chi connectivity index (χ3n) is 1.78. The molecule has 2 rings (SSSR count). The van der Waals surface area contributed by atoms with E-state index in [1.165, 1.54) is 6.20 Å². The zero-order chi connectivity index (χ0) is 10.1.